The lowest BCUT2D eigenvalue weighted by atomic mass is 9.93. The zero-order valence-electron chi connectivity index (χ0n) is 17.6. The van der Waals surface area contributed by atoms with Gasteiger partial charge in [-0.15, -0.1) is 0 Å². The number of aromatic hydroxyl groups is 1. The SMILES string of the molecule is Cc1ccc(S(=O)(=O)Nc2ccc(O)c(C(C(=O)OC(C)C)C(=O)C(F)(F)F)c2)c(C)c1. The molecule has 0 aliphatic rings. The first kappa shape index (κ1) is 25.2. The summed E-state index contributed by atoms with van der Waals surface area (Å²) in [5, 5.41) is 10.1. The van der Waals surface area contributed by atoms with E-state index >= 15 is 0 Å². The second kappa shape index (κ2) is 9.19. The van der Waals surface area contributed by atoms with Crippen molar-refractivity contribution in [1.82, 2.24) is 0 Å². The van der Waals surface area contributed by atoms with Crippen LogP contribution in [0.1, 0.15) is 36.5 Å². The fourth-order valence-corrected chi connectivity index (χ4v) is 4.28. The number of hydrogen-bond donors (Lipinski definition) is 2. The van der Waals surface area contributed by atoms with Gasteiger partial charge in [-0.1, -0.05) is 17.7 Å². The number of esters is 1. The molecule has 2 rings (SSSR count). The second-order valence-electron chi connectivity index (χ2n) is 7.43. The number of hydrogen-bond acceptors (Lipinski definition) is 6. The number of aryl methyl sites for hydroxylation is 2. The van der Waals surface area contributed by atoms with E-state index in [1.165, 1.54) is 19.9 Å². The maximum atomic E-state index is 13.1. The molecule has 0 fully saturated rings. The third-order valence-electron chi connectivity index (χ3n) is 4.34. The quantitative estimate of drug-likeness (QED) is 0.358. The minimum absolute atomic E-state index is 0.0696. The number of ketones is 1. The summed E-state index contributed by atoms with van der Waals surface area (Å²) in [6.07, 6.45) is -6.24. The van der Waals surface area contributed by atoms with Crippen LogP contribution in [0.4, 0.5) is 18.9 Å². The van der Waals surface area contributed by atoms with E-state index in [4.69, 9.17) is 4.74 Å². The lowest BCUT2D eigenvalue weighted by molar-refractivity contribution is -0.178. The minimum atomic E-state index is -5.40. The Kier molecular flexibility index (Phi) is 7.23. The summed E-state index contributed by atoms with van der Waals surface area (Å²) in [6.45, 7) is 6.10. The van der Waals surface area contributed by atoms with E-state index in [1.807, 2.05) is 0 Å². The Balaban J connectivity index is 2.53. The van der Waals surface area contributed by atoms with Gasteiger partial charge in [0.2, 0.25) is 0 Å². The molecule has 0 aromatic heterocycles. The molecule has 174 valence electrons. The third kappa shape index (κ3) is 5.78. The molecule has 1 atom stereocenters. The Morgan fingerprint density at radius 1 is 1.06 bits per heavy atom. The van der Waals surface area contributed by atoms with E-state index in [-0.39, 0.29) is 10.6 Å². The minimum Gasteiger partial charge on any atom is -0.508 e. The van der Waals surface area contributed by atoms with Crippen LogP contribution in [-0.2, 0) is 24.3 Å². The number of benzene rings is 2. The number of carbonyl (C=O) groups excluding carboxylic acids is 2. The highest BCUT2D eigenvalue weighted by atomic mass is 32.2. The van der Waals surface area contributed by atoms with Crippen LogP contribution in [-0.4, -0.2) is 37.6 Å². The number of sulfonamides is 1. The second-order valence-corrected chi connectivity index (χ2v) is 9.08. The molecular weight excluding hydrogens is 451 g/mol. The third-order valence-corrected chi connectivity index (χ3v) is 5.88. The normalized spacial score (nSPS) is 13.0. The average molecular weight is 473 g/mol. The summed E-state index contributed by atoms with van der Waals surface area (Å²) in [4.78, 5) is 24.2. The Bertz CT molecular complexity index is 1140. The highest BCUT2D eigenvalue weighted by Crippen LogP contribution is 2.36. The molecule has 0 amide bonds. The molecule has 2 N–H and O–H groups in total. The van der Waals surface area contributed by atoms with Crippen molar-refractivity contribution in [3.05, 3.63) is 53.1 Å². The summed E-state index contributed by atoms with van der Waals surface area (Å²) in [6, 6.07) is 7.34. The number of phenols is 1. The summed E-state index contributed by atoms with van der Waals surface area (Å²) in [5.74, 6) is -7.30. The smallest absolute Gasteiger partial charge is 0.451 e. The van der Waals surface area contributed by atoms with Gasteiger partial charge >= 0.3 is 12.1 Å². The lowest BCUT2D eigenvalue weighted by Gasteiger charge is -2.20. The van der Waals surface area contributed by atoms with Crippen molar-refractivity contribution >= 4 is 27.5 Å². The first-order valence-corrected chi connectivity index (χ1v) is 10.9. The van der Waals surface area contributed by atoms with Crippen LogP contribution < -0.4 is 4.72 Å². The van der Waals surface area contributed by atoms with Crippen molar-refractivity contribution in [1.29, 1.82) is 0 Å². The molecule has 0 saturated heterocycles. The Morgan fingerprint density at radius 3 is 2.22 bits per heavy atom. The summed E-state index contributed by atoms with van der Waals surface area (Å²) < 4.78 is 71.9. The molecule has 32 heavy (non-hydrogen) atoms. The number of phenolic OH excluding ortho intramolecular Hbond substituents is 1. The van der Waals surface area contributed by atoms with E-state index in [0.717, 1.165) is 23.8 Å². The Labute approximate surface area is 183 Å². The van der Waals surface area contributed by atoms with E-state index in [9.17, 15) is 36.3 Å². The standard InChI is InChI=1S/C21H22F3NO6S/c1-11(2)31-20(28)18(19(27)21(22,23)24)15-10-14(6-7-16(15)26)25-32(29,30)17-8-5-12(3)9-13(17)4/h5-11,18,25-26H,1-4H3. The maximum Gasteiger partial charge on any atom is 0.451 e. The van der Waals surface area contributed by atoms with E-state index in [1.54, 1.807) is 26.0 Å². The van der Waals surface area contributed by atoms with Crippen LogP contribution >= 0.6 is 0 Å². The van der Waals surface area contributed by atoms with Gasteiger partial charge in [0, 0.05) is 11.3 Å². The van der Waals surface area contributed by atoms with Gasteiger partial charge in [-0.2, -0.15) is 13.2 Å². The van der Waals surface area contributed by atoms with E-state index < -0.39 is 51.3 Å². The van der Waals surface area contributed by atoms with Crippen molar-refractivity contribution in [2.24, 2.45) is 0 Å². The van der Waals surface area contributed by atoms with Gasteiger partial charge in [0.1, 0.15) is 5.75 Å². The molecule has 0 heterocycles. The van der Waals surface area contributed by atoms with Gasteiger partial charge in [0.05, 0.1) is 11.0 Å². The number of anilines is 1. The van der Waals surface area contributed by atoms with Crippen molar-refractivity contribution in [3.63, 3.8) is 0 Å². The van der Waals surface area contributed by atoms with E-state index in [0.29, 0.717) is 5.56 Å². The molecule has 2 aromatic rings. The van der Waals surface area contributed by atoms with E-state index in [2.05, 4.69) is 4.72 Å². The molecule has 0 bridgehead atoms. The lowest BCUT2D eigenvalue weighted by Crippen LogP contribution is -2.35. The number of carbonyl (C=O) groups is 2. The summed E-state index contributed by atoms with van der Waals surface area (Å²) >= 11 is 0. The van der Waals surface area contributed by atoms with Gasteiger partial charge in [-0.3, -0.25) is 14.3 Å². The van der Waals surface area contributed by atoms with Crippen LogP contribution in [0.3, 0.4) is 0 Å². The van der Waals surface area contributed by atoms with Crippen molar-refractivity contribution in [2.45, 2.75) is 50.8 Å². The van der Waals surface area contributed by atoms with Gasteiger partial charge in [0.25, 0.3) is 15.8 Å². The zero-order valence-corrected chi connectivity index (χ0v) is 18.5. The molecule has 0 spiro atoms. The molecule has 7 nitrogen and oxygen atoms in total. The topological polar surface area (TPSA) is 110 Å². The predicted molar refractivity (Wildman–Crippen MR) is 110 cm³/mol. The Hall–Kier alpha value is -3.08. The van der Waals surface area contributed by atoms with Crippen LogP contribution in [0, 0.1) is 13.8 Å². The molecule has 0 saturated carbocycles. The largest absolute Gasteiger partial charge is 0.508 e. The summed E-state index contributed by atoms with van der Waals surface area (Å²) in [5.41, 5.74) is 0.265. The monoisotopic (exact) mass is 473 g/mol. The van der Waals surface area contributed by atoms with Crippen molar-refractivity contribution in [2.75, 3.05) is 4.72 Å². The number of halogens is 3. The van der Waals surface area contributed by atoms with Crippen LogP contribution in [0.2, 0.25) is 0 Å². The molecule has 0 aliphatic heterocycles. The van der Waals surface area contributed by atoms with Gasteiger partial charge in [-0.25, -0.2) is 8.42 Å². The number of Topliss-reactive ketones (excluding diaryl/α,β-unsaturated/α-hetero) is 1. The Morgan fingerprint density at radius 2 is 1.69 bits per heavy atom. The van der Waals surface area contributed by atoms with Gasteiger partial charge in [0.15, 0.2) is 5.92 Å². The van der Waals surface area contributed by atoms with Crippen LogP contribution in [0.25, 0.3) is 0 Å². The molecule has 2 aromatic carbocycles. The van der Waals surface area contributed by atoms with Crippen molar-refractivity contribution < 1.29 is 41.0 Å². The zero-order chi connectivity index (χ0) is 24.4. The van der Waals surface area contributed by atoms with Crippen LogP contribution in [0.5, 0.6) is 5.75 Å². The molecule has 0 aliphatic carbocycles. The first-order valence-electron chi connectivity index (χ1n) is 9.38. The van der Waals surface area contributed by atoms with Crippen molar-refractivity contribution in [3.8, 4) is 5.75 Å². The average Bonchev–Trinajstić information content (AvgIpc) is 2.62. The first-order chi connectivity index (χ1) is 14.6. The molecule has 1 unspecified atom stereocenters. The number of nitrogens with one attached hydrogen (secondary N) is 1. The predicted octanol–water partition coefficient (Wildman–Crippen LogP) is 3.98. The highest BCUT2D eigenvalue weighted by Gasteiger charge is 2.48. The highest BCUT2D eigenvalue weighted by molar-refractivity contribution is 7.92. The number of rotatable bonds is 7. The fraction of sp³-hybridized carbons (Fsp3) is 0.333. The molecule has 0 radical (unpaired) electrons. The van der Waals surface area contributed by atoms with Crippen LogP contribution in [0.15, 0.2) is 41.3 Å². The number of alkyl halides is 3. The molecule has 11 heteroatoms. The molecular formula is C21H22F3NO6S. The van der Waals surface area contributed by atoms with Gasteiger partial charge in [-0.05, 0) is 57.5 Å². The summed E-state index contributed by atoms with van der Waals surface area (Å²) in [7, 11) is -4.16. The maximum absolute atomic E-state index is 13.1. The number of ether oxygens (including phenoxy) is 1. The fourth-order valence-electron chi connectivity index (χ4n) is 3.00. The van der Waals surface area contributed by atoms with Gasteiger partial charge < -0.3 is 9.84 Å².